The molecule has 7 nitrogen and oxygen atoms in total. The molecule has 2 heterocycles. The van der Waals surface area contributed by atoms with Gasteiger partial charge in [-0.1, -0.05) is 47.6 Å². The first-order valence-electron chi connectivity index (χ1n) is 10.4. The number of carbonyl (C=O) groups is 1. The van der Waals surface area contributed by atoms with E-state index in [2.05, 4.69) is 10.3 Å². The summed E-state index contributed by atoms with van der Waals surface area (Å²) in [5.41, 5.74) is 2.77. The van der Waals surface area contributed by atoms with E-state index in [9.17, 15) is 9.59 Å². The number of anilines is 1. The van der Waals surface area contributed by atoms with Gasteiger partial charge in [0.1, 0.15) is 16.8 Å². The highest BCUT2D eigenvalue weighted by atomic mass is 35.5. The van der Waals surface area contributed by atoms with E-state index in [1.807, 2.05) is 24.3 Å². The maximum absolute atomic E-state index is 13.6. The molecule has 2 aromatic heterocycles. The fourth-order valence-electron chi connectivity index (χ4n) is 3.68. The molecule has 5 rings (SSSR count). The summed E-state index contributed by atoms with van der Waals surface area (Å²) in [6, 6.07) is 21.7. The Kier molecular flexibility index (Phi) is 6.00. The zero-order valence-corrected chi connectivity index (χ0v) is 19.6. The highest BCUT2D eigenvalue weighted by Crippen LogP contribution is 2.27. The van der Waals surface area contributed by atoms with Gasteiger partial charge in [-0.15, -0.1) is 0 Å². The van der Waals surface area contributed by atoms with E-state index < -0.39 is 0 Å². The quantitative estimate of drug-likeness (QED) is 0.250. The number of fused-ring (bicyclic) bond motifs is 3. The summed E-state index contributed by atoms with van der Waals surface area (Å²) in [6.45, 7) is 0. The minimum absolute atomic E-state index is 0.0624. The average Bonchev–Trinajstić information content (AvgIpc) is 3.23. The number of hydrogen-bond acceptors (Lipinski definition) is 5. The number of aromatic nitrogens is 3. The molecule has 0 saturated carbocycles. The highest BCUT2D eigenvalue weighted by molar-refractivity contribution is 7.99. The number of nitrogens with one attached hydrogen (secondary N) is 2. The summed E-state index contributed by atoms with van der Waals surface area (Å²) >= 11 is 7.10. The molecule has 1 amide bonds. The maximum Gasteiger partial charge on any atom is 0.283 e. The van der Waals surface area contributed by atoms with Crippen molar-refractivity contribution in [2.24, 2.45) is 0 Å². The Bertz CT molecular complexity index is 1580. The van der Waals surface area contributed by atoms with Crippen LogP contribution in [0.25, 0.3) is 27.6 Å². The Morgan fingerprint density at radius 3 is 2.71 bits per heavy atom. The lowest BCUT2D eigenvalue weighted by Gasteiger charge is -2.13. The molecule has 9 heteroatoms. The highest BCUT2D eigenvalue weighted by Gasteiger charge is 2.18. The fraction of sp³-hybridized carbons (Fsp3) is 0.0800. The van der Waals surface area contributed by atoms with Crippen LogP contribution in [-0.4, -0.2) is 33.3 Å². The van der Waals surface area contributed by atoms with Crippen molar-refractivity contribution in [2.45, 2.75) is 5.16 Å². The molecule has 34 heavy (non-hydrogen) atoms. The largest absolute Gasteiger partial charge is 0.497 e. The van der Waals surface area contributed by atoms with E-state index in [-0.39, 0.29) is 17.2 Å². The molecule has 3 aromatic carbocycles. The van der Waals surface area contributed by atoms with Crippen molar-refractivity contribution < 1.29 is 9.53 Å². The molecule has 0 bridgehead atoms. The molecule has 0 fully saturated rings. The van der Waals surface area contributed by atoms with Crippen LogP contribution in [0.2, 0.25) is 5.02 Å². The van der Waals surface area contributed by atoms with E-state index in [0.717, 1.165) is 10.9 Å². The molecule has 0 saturated heterocycles. The van der Waals surface area contributed by atoms with Crippen LogP contribution in [0, 0.1) is 0 Å². The van der Waals surface area contributed by atoms with Gasteiger partial charge in [-0.2, -0.15) is 0 Å². The SMILES string of the molecule is COc1cccc(-n2c(SCC(=O)Nc3ccc(Cl)cc3)nc3c([nH]c4ccccc43)c2=O)c1. The molecule has 2 N–H and O–H groups in total. The predicted octanol–water partition coefficient (Wildman–Crippen LogP) is 5.26. The van der Waals surface area contributed by atoms with Gasteiger partial charge in [-0.05, 0) is 42.5 Å². The third kappa shape index (κ3) is 4.25. The molecule has 170 valence electrons. The first-order chi connectivity index (χ1) is 16.5. The van der Waals surface area contributed by atoms with E-state index in [1.165, 1.54) is 16.3 Å². The number of para-hydroxylation sites is 1. The van der Waals surface area contributed by atoms with Gasteiger partial charge in [0.2, 0.25) is 5.91 Å². The van der Waals surface area contributed by atoms with Crippen molar-refractivity contribution >= 4 is 56.9 Å². The van der Waals surface area contributed by atoms with Crippen LogP contribution in [-0.2, 0) is 4.79 Å². The summed E-state index contributed by atoms with van der Waals surface area (Å²) in [5.74, 6) is 0.447. The van der Waals surface area contributed by atoms with Crippen molar-refractivity contribution in [1.29, 1.82) is 0 Å². The Hall–Kier alpha value is -3.75. The average molecular weight is 491 g/mol. The molecule has 0 aliphatic heterocycles. The molecule has 0 atom stereocenters. The van der Waals surface area contributed by atoms with Gasteiger partial charge in [0.05, 0.1) is 18.6 Å². The number of amides is 1. The third-order valence-electron chi connectivity index (χ3n) is 5.27. The first-order valence-corrected chi connectivity index (χ1v) is 11.8. The molecule has 0 radical (unpaired) electrons. The number of carbonyl (C=O) groups excluding carboxylic acids is 1. The minimum atomic E-state index is -0.255. The Morgan fingerprint density at radius 2 is 1.91 bits per heavy atom. The van der Waals surface area contributed by atoms with Crippen molar-refractivity contribution in [3.8, 4) is 11.4 Å². The zero-order valence-electron chi connectivity index (χ0n) is 18.0. The third-order valence-corrected chi connectivity index (χ3v) is 6.46. The topological polar surface area (TPSA) is 89.0 Å². The number of halogens is 1. The lowest BCUT2D eigenvalue weighted by Crippen LogP contribution is -2.23. The Labute approximate surface area is 203 Å². The molecular formula is C25H19ClN4O3S. The summed E-state index contributed by atoms with van der Waals surface area (Å²) in [7, 11) is 1.57. The normalized spacial score (nSPS) is 11.1. The summed E-state index contributed by atoms with van der Waals surface area (Å²) in [5, 5.41) is 4.67. The van der Waals surface area contributed by atoms with Crippen molar-refractivity contribution in [3.63, 3.8) is 0 Å². The van der Waals surface area contributed by atoms with Gasteiger partial charge in [-0.3, -0.25) is 14.2 Å². The monoisotopic (exact) mass is 490 g/mol. The number of hydrogen-bond donors (Lipinski definition) is 2. The molecule has 0 spiro atoms. The Morgan fingerprint density at radius 1 is 1.12 bits per heavy atom. The van der Waals surface area contributed by atoms with Gasteiger partial charge in [0.15, 0.2) is 5.16 Å². The number of nitrogens with zero attached hydrogens (tertiary/aromatic N) is 2. The number of methoxy groups -OCH3 is 1. The number of benzene rings is 3. The number of aromatic amines is 1. The number of ether oxygens (including phenoxy) is 1. The van der Waals surface area contributed by atoms with E-state index in [1.54, 1.807) is 55.6 Å². The predicted molar refractivity (Wildman–Crippen MR) is 137 cm³/mol. The number of rotatable bonds is 6. The molecule has 5 aromatic rings. The van der Waals surface area contributed by atoms with Crippen LogP contribution in [0.5, 0.6) is 5.75 Å². The summed E-state index contributed by atoms with van der Waals surface area (Å²) < 4.78 is 6.84. The van der Waals surface area contributed by atoms with E-state index in [0.29, 0.717) is 38.3 Å². The molecule has 0 aliphatic rings. The standard InChI is InChI=1S/C25H19ClN4O3S/c1-33-18-6-4-5-17(13-18)30-24(32)23-22(19-7-2-3-8-20(19)28-23)29-25(30)34-14-21(31)27-16-11-9-15(26)10-12-16/h2-13,28H,14H2,1H3,(H,27,31). The van der Waals surface area contributed by atoms with Crippen molar-refractivity contribution in [2.75, 3.05) is 18.2 Å². The zero-order chi connectivity index (χ0) is 23.7. The van der Waals surface area contributed by atoms with Crippen LogP contribution < -0.4 is 15.6 Å². The van der Waals surface area contributed by atoms with Crippen molar-refractivity contribution in [3.05, 3.63) is 88.2 Å². The van der Waals surface area contributed by atoms with Crippen LogP contribution in [0.1, 0.15) is 0 Å². The fourth-order valence-corrected chi connectivity index (χ4v) is 4.61. The van der Waals surface area contributed by atoms with Gasteiger partial charge >= 0.3 is 0 Å². The first kappa shape index (κ1) is 22.1. The summed E-state index contributed by atoms with van der Waals surface area (Å²) in [4.78, 5) is 34.2. The number of H-pyrrole nitrogens is 1. The van der Waals surface area contributed by atoms with E-state index in [4.69, 9.17) is 21.3 Å². The van der Waals surface area contributed by atoms with Crippen molar-refractivity contribution in [1.82, 2.24) is 14.5 Å². The Balaban J connectivity index is 1.56. The molecule has 0 aliphatic carbocycles. The number of thioether (sulfide) groups is 1. The van der Waals surface area contributed by atoms with Gasteiger partial charge in [-0.25, -0.2) is 4.98 Å². The lowest BCUT2D eigenvalue weighted by atomic mass is 10.2. The van der Waals surface area contributed by atoms with E-state index >= 15 is 0 Å². The van der Waals surface area contributed by atoms with Gasteiger partial charge < -0.3 is 15.0 Å². The molecule has 0 unspecified atom stereocenters. The molecular weight excluding hydrogens is 472 g/mol. The van der Waals surface area contributed by atoms with Crippen LogP contribution in [0.15, 0.2) is 82.7 Å². The minimum Gasteiger partial charge on any atom is -0.497 e. The van der Waals surface area contributed by atoms with Crippen LogP contribution >= 0.6 is 23.4 Å². The van der Waals surface area contributed by atoms with Crippen LogP contribution in [0.3, 0.4) is 0 Å². The van der Waals surface area contributed by atoms with Crippen LogP contribution in [0.4, 0.5) is 5.69 Å². The second-order valence-electron chi connectivity index (χ2n) is 7.47. The smallest absolute Gasteiger partial charge is 0.283 e. The summed E-state index contributed by atoms with van der Waals surface area (Å²) in [6.07, 6.45) is 0. The van der Waals surface area contributed by atoms with Gasteiger partial charge in [0.25, 0.3) is 5.56 Å². The second-order valence-corrected chi connectivity index (χ2v) is 8.85. The lowest BCUT2D eigenvalue weighted by molar-refractivity contribution is -0.113. The maximum atomic E-state index is 13.6. The second kappa shape index (κ2) is 9.24. The van der Waals surface area contributed by atoms with Gasteiger partial charge in [0, 0.05) is 27.7 Å².